The molecule has 0 spiro atoms. The van der Waals surface area contributed by atoms with E-state index in [1.54, 1.807) is 0 Å². The fraction of sp³-hybridized carbons (Fsp3) is 0.200. The number of aromatic carboxylic acids is 1. The first-order chi connectivity index (χ1) is 7.15. The number of hydrogen-bond acceptors (Lipinski definition) is 3. The van der Waals surface area contributed by atoms with Crippen LogP contribution in [-0.2, 0) is 0 Å². The van der Waals surface area contributed by atoms with Gasteiger partial charge in [-0.05, 0) is 12.0 Å². The Morgan fingerprint density at radius 3 is 3.00 bits per heavy atom. The van der Waals surface area contributed by atoms with Crippen LogP contribution in [0.5, 0.6) is 0 Å². The summed E-state index contributed by atoms with van der Waals surface area (Å²) >= 11 is 3.96. The summed E-state index contributed by atoms with van der Waals surface area (Å²) in [7, 11) is 0. The number of carboxylic acid groups (broad SMARTS) is 1. The summed E-state index contributed by atoms with van der Waals surface area (Å²) in [5.41, 5.74) is -0.171. The summed E-state index contributed by atoms with van der Waals surface area (Å²) in [4.78, 5) is 14.2. The number of nitrogens with zero attached hydrogens (tertiary/aromatic N) is 1. The van der Waals surface area contributed by atoms with Crippen LogP contribution in [0.1, 0.15) is 22.5 Å². The monoisotopic (exact) mass is 225 g/mol. The van der Waals surface area contributed by atoms with E-state index in [4.69, 9.17) is 5.11 Å². The number of hydrogen-bond donors (Lipinski definition) is 2. The minimum Gasteiger partial charge on any atom is -0.478 e. The van der Waals surface area contributed by atoms with Crippen molar-refractivity contribution in [1.82, 2.24) is 4.98 Å². The molecular formula is C10H8FNO2S. The van der Waals surface area contributed by atoms with Crippen molar-refractivity contribution in [2.45, 2.75) is 6.42 Å². The number of carboxylic acids is 1. The van der Waals surface area contributed by atoms with E-state index in [1.807, 2.05) is 0 Å². The minimum atomic E-state index is -1.33. The normalized spacial score (nSPS) is 9.20. The first-order valence-electron chi connectivity index (χ1n) is 4.13. The molecule has 0 aliphatic rings. The molecular weight excluding hydrogens is 217 g/mol. The first-order valence-corrected chi connectivity index (χ1v) is 4.77. The highest BCUT2D eigenvalue weighted by Gasteiger charge is 2.10. The molecule has 0 aliphatic heterocycles. The number of carbonyl (C=O) groups is 1. The van der Waals surface area contributed by atoms with Gasteiger partial charge in [0.25, 0.3) is 0 Å². The van der Waals surface area contributed by atoms with Crippen molar-refractivity contribution in [3.63, 3.8) is 0 Å². The molecule has 15 heavy (non-hydrogen) atoms. The number of rotatable bonds is 2. The lowest BCUT2D eigenvalue weighted by Gasteiger charge is -1.96. The molecule has 0 amide bonds. The van der Waals surface area contributed by atoms with E-state index in [-0.39, 0.29) is 5.69 Å². The lowest BCUT2D eigenvalue weighted by atomic mass is 10.2. The largest absolute Gasteiger partial charge is 0.478 e. The van der Waals surface area contributed by atoms with Crippen molar-refractivity contribution < 1.29 is 14.3 Å². The standard InChI is InChI=1S/C10H8FNO2S/c11-9-6-12-7(3-1-2-4-15)5-8(9)10(13)14/h5-6,15H,2,4H2,(H,13,14). The van der Waals surface area contributed by atoms with Crippen molar-refractivity contribution in [3.8, 4) is 11.8 Å². The second-order valence-electron chi connectivity index (χ2n) is 2.63. The predicted molar refractivity (Wildman–Crippen MR) is 56.5 cm³/mol. The summed E-state index contributed by atoms with van der Waals surface area (Å²) < 4.78 is 12.9. The molecule has 1 rings (SSSR count). The molecule has 1 N–H and O–H groups in total. The van der Waals surface area contributed by atoms with Gasteiger partial charge in [-0.15, -0.1) is 0 Å². The zero-order valence-corrected chi connectivity index (χ0v) is 8.59. The molecule has 1 heterocycles. The summed E-state index contributed by atoms with van der Waals surface area (Å²) in [6.07, 6.45) is 1.43. The molecule has 1 aromatic rings. The molecule has 0 fully saturated rings. The van der Waals surface area contributed by atoms with E-state index in [2.05, 4.69) is 29.5 Å². The zero-order chi connectivity index (χ0) is 11.3. The molecule has 5 heteroatoms. The first kappa shape index (κ1) is 11.5. The molecule has 3 nitrogen and oxygen atoms in total. The summed E-state index contributed by atoms with van der Waals surface area (Å²) in [6, 6.07) is 1.11. The molecule has 0 saturated carbocycles. The fourth-order valence-electron chi connectivity index (χ4n) is 0.880. The molecule has 0 atom stereocenters. The van der Waals surface area contributed by atoms with Crippen LogP contribution in [0.25, 0.3) is 0 Å². The van der Waals surface area contributed by atoms with Crippen LogP contribution >= 0.6 is 12.6 Å². The highest BCUT2D eigenvalue weighted by molar-refractivity contribution is 7.80. The summed E-state index contributed by atoms with van der Waals surface area (Å²) in [5, 5.41) is 8.63. The predicted octanol–water partition coefficient (Wildman–Crippen LogP) is 1.59. The third kappa shape index (κ3) is 3.26. The van der Waals surface area contributed by atoms with E-state index < -0.39 is 17.3 Å². The Balaban J connectivity index is 2.99. The maximum absolute atomic E-state index is 12.9. The van der Waals surface area contributed by atoms with Crippen molar-refractivity contribution >= 4 is 18.6 Å². The van der Waals surface area contributed by atoms with Crippen LogP contribution in [0, 0.1) is 17.7 Å². The van der Waals surface area contributed by atoms with Gasteiger partial charge in [0.15, 0.2) is 5.82 Å². The van der Waals surface area contributed by atoms with Gasteiger partial charge in [-0.2, -0.15) is 12.6 Å². The third-order valence-electron chi connectivity index (χ3n) is 1.54. The molecule has 0 saturated heterocycles. The Morgan fingerprint density at radius 2 is 2.40 bits per heavy atom. The van der Waals surface area contributed by atoms with Crippen molar-refractivity contribution in [3.05, 3.63) is 29.3 Å². The molecule has 0 aromatic carbocycles. The molecule has 0 aliphatic carbocycles. The highest BCUT2D eigenvalue weighted by atomic mass is 32.1. The van der Waals surface area contributed by atoms with Gasteiger partial charge in [0.1, 0.15) is 5.69 Å². The number of thiol groups is 1. The summed E-state index contributed by atoms with van der Waals surface area (Å²) in [6.45, 7) is 0. The second kappa shape index (κ2) is 5.37. The fourth-order valence-corrected chi connectivity index (χ4v) is 0.992. The molecule has 1 aromatic heterocycles. The molecule has 78 valence electrons. The van der Waals surface area contributed by atoms with Gasteiger partial charge in [0, 0.05) is 12.2 Å². The Hall–Kier alpha value is -1.54. The van der Waals surface area contributed by atoms with E-state index in [9.17, 15) is 9.18 Å². The SMILES string of the molecule is O=C(O)c1cc(C#CCCS)ncc1F. The molecule has 0 bridgehead atoms. The Bertz CT molecular complexity index is 437. The van der Waals surface area contributed by atoms with Gasteiger partial charge >= 0.3 is 5.97 Å². The van der Waals surface area contributed by atoms with Gasteiger partial charge in [0.2, 0.25) is 0 Å². The minimum absolute atomic E-state index is 0.246. The second-order valence-corrected chi connectivity index (χ2v) is 3.08. The molecule has 0 unspecified atom stereocenters. The molecule has 0 radical (unpaired) electrons. The zero-order valence-electron chi connectivity index (χ0n) is 7.70. The van der Waals surface area contributed by atoms with Gasteiger partial charge in [-0.3, -0.25) is 0 Å². The number of halogens is 1. The Labute approximate surface area is 91.8 Å². The number of aromatic nitrogens is 1. The third-order valence-corrected chi connectivity index (χ3v) is 1.76. The van der Waals surface area contributed by atoms with Crippen LogP contribution in [0.3, 0.4) is 0 Å². The summed E-state index contributed by atoms with van der Waals surface area (Å²) in [5.74, 6) is 3.79. The van der Waals surface area contributed by atoms with Crippen LogP contribution in [-0.4, -0.2) is 21.8 Å². The van der Waals surface area contributed by atoms with Crippen molar-refractivity contribution in [1.29, 1.82) is 0 Å². The van der Waals surface area contributed by atoms with Crippen LogP contribution < -0.4 is 0 Å². The quantitative estimate of drug-likeness (QED) is 0.593. The van der Waals surface area contributed by atoms with E-state index >= 15 is 0 Å². The smallest absolute Gasteiger partial charge is 0.338 e. The lowest BCUT2D eigenvalue weighted by molar-refractivity contribution is 0.0691. The van der Waals surface area contributed by atoms with Gasteiger partial charge in [-0.1, -0.05) is 5.92 Å². The lowest BCUT2D eigenvalue weighted by Crippen LogP contribution is -2.02. The Morgan fingerprint density at radius 1 is 1.67 bits per heavy atom. The van der Waals surface area contributed by atoms with Gasteiger partial charge in [-0.25, -0.2) is 14.2 Å². The average Bonchev–Trinajstić information content (AvgIpc) is 2.20. The van der Waals surface area contributed by atoms with Crippen molar-refractivity contribution in [2.75, 3.05) is 5.75 Å². The van der Waals surface area contributed by atoms with Gasteiger partial charge in [0.05, 0.1) is 11.8 Å². The van der Waals surface area contributed by atoms with E-state index in [0.29, 0.717) is 12.2 Å². The van der Waals surface area contributed by atoms with Crippen LogP contribution in [0.4, 0.5) is 4.39 Å². The number of pyridine rings is 1. The van der Waals surface area contributed by atoms with Crippen LogP contribution in [0.2, 0.25) is 0 Å². The van der Waals surface area contributed by atoms with Gasteiger partial charge < -0.3 is 5.11 Å². The van der Waals surface area contributed by atoms with Crippen molar-refractivity contribution in [2.24, 2.45) is 0 Å². The Kier molecular flexibility index (Phi) is 4.13. The topological polar surface area (TPSA) is 50.2 Å². The maximum atomic E-state index is 12.9. The highest BCUT2D eigenvalue weighted by Crippen LogP contribution is 2.07. The van der Waals surface area contributed by atoms with E-state index in [1.165, 1.54) is 0 Å². The maximum Gasteiger partial charge on any atom is 0.338 e. The van der Waals surface area contributed by atoms with E-state index in [0.717, 1.165) is 12.3 Å². The average molecular weight is 225 g/mol. The van der Waals surface area contributed by atoms with Crippen LogP contribution in [0.15, 0.2) is 12.3 Å².